The van der Waals surface area contributed by atoms with Gasteiger partial charge >= 0.3 is 6.03 Å². The molecule has 0 aromatic rings. The topological polar surface area (TPSA) is 83.7 Å². The van der Waals surface area contributed by atoms with E-state index < -0.39 is 11.4 Å². The Kier molecular flexibility index (Phi) is 4.54. The smallest absolute Gasteiger partial charge is 0.328 e. The normalized spacial score (nSPS) is 23.5. The molecule has 1 saturated heterocycles. The number of amides is 4. The maximum atomic E-state index is 12.5. The molecule has 6 nitrogen and oxygen atoms in total. The van der Waals surface area contributed by atoms with Crippen LogP contribution in [-0.4, -0.2) is 46.3 Å². The summed E-state index contributed by atoms with van der Waals surface area (Å²) in [6.07, 6.45) is 6.92. The van der Waals surface area contributed by atoms with E-state index in [1.54, 1.807) is 13.8 Å². The minimum absolute atomic E-state index is 0.210. The predicted octanol–water partition coefficient (Wildman–Crippen LogP) is 1.48. The zero-order valence-electron chi connectivity index (χ0n) is 12.9. The monoisotopic (exact) mass is 295 g/mol. The van der Waals surface area contributed by atoms with Crippen molar-refractivity contribution in [2.45, 2.75) is 57.9 Å². The summed E-state index contributed by atoms with van der Waals surface area (Å²) in [5, 5.41) is 0. The molecule has 6 heteroatoms. The van der Waals surface area contributed by atoms with E-state index in [9.17, 15) is 14.4 Å². The fourth-order valence-electron chi connectivity index (χ4n) is 3.30. The van der Waals surface area contributed by atoms with Crippen LogP contribution in [0.15, 0.2) is 0 Å². The van der Waals surface area contributed by atoms with Crippen molar-refractivity contribution in [3.05, 3.63) is 0 Å². The van der Waals surface area contributed by atoms with Gasteiger partial charge in [0.2, 0.25) is 5.91 Å². The number of urea groups is 1. The molecule has 0 unspecified atom stereocenters. The van der Waals surface area contributed by atoms with Gasteiger partial charge < -0.3 is 10.6 Å². The second-order valence-corrected chi connectivity index (χ2v) is 6.67. The van der Waals surface area contributed by atoms with Gasteiger partial charge in [-0.05, 0) is 32.6 Å². The number of rotatable bonds is 4. The zero-order chi connectivity index (χ0) is 15.6. The van der Waals surface area contributed by atoms with E-state index >= 15 is 0 Å². The fraction of sp³-hybridized carbons (Fsp3) is 0.800. The largest absolute Gasteiger partial charge is 0.368 e. The number of nitrogens with zero attached hydrogens (tertiary/aromatic N) is 2. The van der Waals surface area contributed by atoms with Crippen LogP contribution in [0, 0.1) is 5.92 Å². The summed E-state index contributed by atoms with van der Waals surface area (Å²) in [5.74, 6) is -0.441. The van der Waals surface area contributed by atoms with Crippen LogP contribution < -0.4 is 5.73 Å². The highest BCUT2D eigenvalue weighted by molar-refractivity contribution is 6.07. The van der Waals surface area contributed by atoms with Gasteiger partial charge in [-0.1, -0.05) is 25.7 Å². The summed E-state index contributed by atoms with van der Waals surface area (Å²) in [7, 11) is 0. The minimum atomic E-state index is -0.989. The molecule has 2 rings (SSSR count). The first kappa shape index (κ1) is 15.8. The molecular formula is C15H25N3O3. The van der Waals surface area contributed by atoms with Crippen molar-refractivity contribution in [2.24, 2.45) is 11.7 Å². The van der Waals surface area contributed by atoms with Gasteiger partial charge in [0.1, 0.15) is 12.1 Å². The first-order chi connectivity index (χ1) is 9.84. The van der Waals surface area contributed by atoms with Gasteiger partial charge in [-0.2, -0.15) is 0 Å². The minimum Gasteiger partial charge on any atom is -0.368 e. The van der Waals surface area contributed by atoms with Gasteiger partial charge in [-0.15, -0.1) is 0 Å². The molecule has 0 spiro atoms. The number of hydrogen-bond acceptors (Lipinski definition) is 3. The lowest BCUT2D eigenvalue weighted by Gasteiger charge is -2.26. The first-order valence-corrected chi connectivity index (χ1v) is 7.76. The van der Waals surface area contributed by atoms with Gasteiger partial charge in [-0.25, -0.2) is 4.79 Å². The first-order valence-electron chi connectivity index (χ1n) is 7.76. The van der Waals surface area contributed by atoms with E-state index in [1.807, 2.05) is 0 Å². The molecule has 0 aromatic carbocycles. The number of nitrogens with two attached hydrogens (primary N) is 1. The molecule has 0 bridgehead atoms. The maximum absolute atomic E-state index is 12.5. The van der Waals surface area contributed by atoms with Crippen LogP contribution in [0.3, 0.4) is 0 Å². The molecular weight excluding hydrogens is 270 g/mol. The van der Waals surface area contributed by atoms with Crippen molar-refractivity contribution in [1.82, 2.24) is 9.80 Å². The third-order valence-corrected chi connectivity index (χ3v) is 4.63. The second kappa shape index (κ2) is 6.03. The molecule has 2 aliphatic rings. The van der Waals surface area contributed by atoms with Crippen molar-refractivity contribution >= 4 is 17.8 Å². The highest BCUT2D eigenvalue weighted by Gasteiger charge is 2.51. The summed E-state index contributed by atoms with van der Waals surface area (Å²) < 4.78 is 0. The van der Waals surface area contributed by atoms with E-state index in [-0.39, 0.29) is 18.5 Å². The van der Waals surface area contributed by atoms with Crippen LogP contribution in [0.2, 0.25) is 0 Å². The summed E-state index contributed by atoms with van der Waals surface area (Å²) in [6.45, 7) is 3.60. The van der Waals surface area contributed by atoms with E-state index in [2.05, 4.69) is 0 Å². The van der Waals surface area contributed by atoms with Gasteiger partial charge in [0.05, 0.1) is 0 Å². The zero-order valence-corrected chi connectivity index (χ0v) is 12.9. The van der Waals surface area contributed by atoms with Gasteiger partial charge in [0, 0.05) is 6.54 Å². The average molecular weight is 295 g/mol. The maximum Gasteiger partial charge on any atom is 0.328 e. The Morgan fingerprint density at radius 2 is 1.76 bits per heavy atom. The Balaban J connectivity index is 2.10. The molecule has 4 amide bonds. The Morgan fingerprint density at radius 3 is 2.29 bits per heavy atom. The van der Waals surface area contributed by atoms with Gasteiger partial charge in [-0.3, -0.25) is 14.5 Å². The number of primary amides is 1. The summed E-state index contributed by atoms with van der Waals surface area (Å²) in [6, 6.07) is -0.381. The lowest BCUT2D eigenvalue weighted by molar-refractivity contribution is -0.132. The van der Waals surface area contributed by atoms with Gasteiger partial charge in [0.25, 0.3) is 5.91 Å². The third kappa shape index (κ3) is 3.19. The number of carbonyl (C=O) groups is 3. The molecule has 21 heavy (non-hydrogen) atoms. The fourth-order valence-corrected chi connectivity index (χ4v) is 3.30. The van der Waals surface area contributed by atoms with Crippen LogP contribution >= 0.6 is 0 Å². The highest BCUT2D eigenvalue weighted by atomic mass is 16.2. The molecule has 0 radical (unpaired) electrons. The van der Waals surface area contributed by atoms with Crippen LogP contribution in [0.1, 0.15) is 52.4 Å². The predicted molar refractivity (Wildman–Crippen MR) is 78.3 cm³/mol. The molecule has 1 aliphatic carbocycles. The third-order valence-electron chi connectivity index (χ3n) is 4.63. The van der Waals surface area contributed by atoms with Crippen molar-refractivity contribution in [3.8, 4) is 0 Å². The van der Waals surface area contributed by atoms with Gasteiger partial charge in [0.15, 0.2) is 0 Å². The number of imide groups is 1. The molecule has 1 aliphatic heterocycles. The van der Waals surface area contributed by atoms with E-state index in [4.69, 9.17) is 5.73 Å². The lowest BCUT2D eigenvalue weighted by Crippen LogP contribution is -2.47. The van der Waals surface area contributed by atoms with Crippen LogP contribution in [0.5, 0.6) is 0 Å². The Hall–Kier alpha value is -1.59. The summed E-state index contributed by atoms with van der Waals surface area (Å²) in [5.41, 5.74) is 4.20. The quantitative estimate of drug-likeness (QED) is 0.630. The number of hydrogen-bond donors (Lipinski definition) is 1. The van der Waals surface area contributed by atoms with Crippen molar-refractivity contribution in [3.63, 3.8) is 0 Å². The SMILES string of the molecule is CC1(C)C(=O)N(CC2CCCCCC2)C(=O)N1CC(N)=O. The highest BCUT2D eigenvalue weighted by Crippen LogP contribution is 2.30. The average Bonchev–Trinajstić information content (AvgIpc) is 2.63. The van der Waals surface area contributed by atoms with Crippen LogP contribution in [0.4, 0.5) is 4.79 Å². The number of carbonyl (C=O) groups excluding carboxylic acids is 3. The van der Waals surface area contributed by atoms with E-state index in [0.29, 0.717) is 12.5 Å². The van der Waals surface area contributed by atoms with E-state index in [1.165, 1.54) is 22.6 Å². The molecule has 1 heterocycles. The summed E-state index contributed by atoms with van der Waals surface area (Å²) >= 11 is 0. The Bertz CT molecular complexity index is 439. The second-order valence-electron chi connectivity index (χ2n) is 6.67. The van der Waals surface area contributed by atoms with Crippen molar-refractivity contribution in [1.29, 1.82) is 0 Å². The molecule has 0 atom stereocenters. The summed E-state index contributed by atoms with van der Waals surface area (Å²) in [4.78, 5) is 38.7. The molecule has 1 saturated carbocycles. The standard InChI is InChI=1S/C15H25N3O3/c1-15(2)13(20)17(14(21)18(15)10-12(16)19)9-11-7-5-3-4-6-8-11/h11H,3-10H2,1-2H3,(H2,16,19). The Labute approximate surface area is 125 Å². The molecule has 2 N–H and O–H groups in total. The Morgan fingerprint density at radius 1 is 1.19 bits per heavy atom. The molecule has 2 fully saturated rings. The van der Waals surface area contributed by atoms with Crippen LogP contribution in [0.25, 0.3) is 0 Å². The lowest BCUT2D eigenvalue weighted by atomic mass is 9.99. The van der Waals surface area contributed by atoms with Crippen molar-refractivity contribution < 1.29 is 14.4 Å². The van der Waals surface area contributed by atoms with Crippen molar-refractivity contribution in [2.75, 3.05) is 13.1 Å². The van der Waals surface area contributed by atoms with E-state index in [0.717, 1.165) is 25.7 Å². The van der Waals surface area contributed by atoms with Crippen LogP contribution in [-0.2, 0) is 9.59 Å². The molecule has 118 valence electrons. The molecule has 0 aromatic heterocycles.